The van der Waals surface area contributed by atoms with E-state index in [4.69, 9.17) is 0 Å². The van der Waals surface area contributed by atoms with Crippen LogP contribution in [0.3, 0.4) is 0 Å². The highest BCUT2D eigenvalue weighted by Crippen LogP contribution is 2.37. The third kappa shape index (κ3) is 5.20. The highest BCUT2D eigenvalue weighted by atomic mass is 19.4. The molecule has 3 aromatic heterocycles. The zero-order valence-electron chi connectivity index (χ0n) is 19.0. The van der Waals surface area contributed by atoms with Crippen LogP contribution in [0.25, 0.3) is 11.2 Å². The van der Waals surface area contributed by atoms with Crippen LogP contribution < -0.4 is 20.9 Å². The zero-order valence-corrected chi connectivity index (χ0v) is 19.0. The van der Waals surface area contributed by atoms with E-state index < -0.39 is 29.0 Å². The highest BCUT2D eigenvalue weighted by molar-refractivity contribution is 6.01. The molecule has 0 bridgehead atoms. The van der Waals surface area contributed by atoms with Gasteiger partial charge in [0.05, 0.1) is 40.9 Å². The summed E-state index contributed by atoms with van der Waals surface area (Å²) >= 11 is 0. The van der Waals surface area contributed by atoms with Gasteiger partial charge < -0.3 is 16.0 Å². The molecular formula is C24H20F4N7O2+. The third-order valence-electron chi connectivity index (χ3n) is 5.94. The molecule has 4 aromatic rings. The van der Waals surface area contributed by atoms with E-state index in [1.54, 1.807) is 12.4 Å². The second kappa shape index (κ2) is 9.15. The molecule has 13 heteroatoms. The van der Waals surface area contributed by atoms with E-state index in [9.17, 15) is 27.2 Å². The number of fused-ring (bicyclic) bond motifs is 1. The van der Waals surface area contributed by atoms with E-state index in [2.05, 4.69) is 35.9 Å². The molecule has 5 rings (SSSR count). The Morgan fingerprint density at radius 2 is 1.89 bits per heavy atom. The largest absolute Gasteiger partial charge is 0.418 e. The molecule has 190 valence electrons. The van der Waals surface area contributed by atoms with E-state index in [1.165, 1.54) is 24.5 Å². The molecule has 0 spiro atoms. The number of nitrogens with zero attached hydrogens (tertiary/aromatic N) is 2. The number of hydrogen-bond donors (Lipinski definition) is 4. The monoisotopic (exact) mass is 514 g/mol. The van der Waals surface area contributed by atoms with Gasteiger partial charge in [-0.05, 0) is 49.2 Å². The fourth-order valence-electron chi connectivity index (χ4n) is 3.78. The van der Waals surface area contributed by atoms with E-state index >= 15 is 0 Å². The molecule has 1 aromatic carbocycles. The van der Waals surface area contributed by atoms with Crippen molar-refractivity contribution in [2.24, 2.45) is 0 Å². The first-order valence-corrected chi connectivity index (χ1v) is 11.2. The standard InChI is InChI=1S/C24H19F4N7O2/c25-14-1-4-18(17(8-14)24(26,27)28)34-16-3-2-15(29-11-16)10-31-22(37)23(5-6-23)35-21(36)13-7-19-20(30-9-13)33-12-32-19/h1-4,7-9,11-12,34H,5-6,10H2,(H,31,37)(H,35,36)(H,30,32,33)/p+1. The number of anilines is 2. The number of hydrogen-bond acceptors (Lipinski definition) is 5. The van der Waals surface area contributed by atoms with Crippen LogP contribution in [0.15, 0.2) is 55.1 Å². The van der Waals surface area contributed by atoms with Crippen molar-refractivity contribution < 1.29 is 32.1 Å². The molecule has 3 heterocycles. The fourth-order valence-corrected chi connectivity index (χ4v) is 3.78. The second-order valence-corrected chi connectivity index (χ2v) is 8.62. The van der Waals surface area contributed by atoms with Gasteiger partial charge in [-0.3, -0.25) is 19.6 Å². The Balaban J connectivity index is 1.18. The van der Waals surface area contributed by atoms with Crippen molar-refractivity contribution in [2.45, 2.75) is 31.1 Å². The fraction of sp³-hybridized carbons (Fsp3) is 0.208. The first kappa shape index (κ1) is 24.2. The second-order valence-electron chi connectivity index (χ2n) is 8.62. The average molecular weight is 514 g/mol. The molecule has 0 atom stereocenters. The van der Waals surface area contributed by atoms with Crippen LogP contribution in [0.1, 0.15) is 34.5 Å². The minimum Gasteiger partial charge on any atom is -0.354 e. The number of alkyl halides is 3. The van der Waals surface area contributed by atoms with Gasteiger partial charge in [0, 0.05) is 0 Å². The third-order valence-corrected chi connectivity index (χ3v) is 5.94. The average Bonchev–Trinajstić information content (AvgIpc) is 3.49. The van der Waals surface area contributed by atoms with Crippen LogP contribution in [0.5, 0.6) is 0 Å². The molecule has 0 aliphatic heterocycles. The molecule has 1 aliphatic carbocycles. The minimum atomic E-state index is -4.74. The first-order chi connectivity index (χ1) is 17.6. The normalized spacial score (nSPS) is 14.3. The van der Waals surface area contributed by atoms with E-state index in [0.717, 1.165) is 12.1 Å². The molecule has 1 fully saturated rings. The smallest absolute Gasteiger partial charge is 0.354 e. The van der Waals surface area contributed by atoms with Gasteiger partial charge in [0.1, 0.15) is 17.6 Å². The van der Waals surface area contributed by atoms with Gasteiger partial charge in [-0.15, -0.1) is 4.98 Å². The Bertz CT molecular complexity index is 1480. The van der Waals surface area contributed by atoms with Crippen molar-refractivity contribution in [3.05, 3.63) is 77.8 Å². The summed E-state index contributed by atoms with van der Waals surface area (Å²) in [6, 6.07) is 7.00. The highest BCUT2D eigenvalue weighted by Gasteiger charge is 2.51. The first-order valence-electron chi connectivity index (χ1n) is 11.2. The summed E-state index contributed by atoms with van der Waals surface area (Å²) in [4.78, 5) is 39.6. The van der Waals surface area contributed by atoms with Crippen LogP contribution in [0.2, 0.25) is 0 Å². The number of pyridine rings is 2. The number of carbonyl (C=O) groups is 2. The lowest BCUT2D eigenvalue weighted by atomic mass is 10.1. The van der Waals surface area contributed by atoms with E-state index in [0.29, 0.717) is 41.3 Å². The Labute approximate surface area is 206 Å². The lowest BCUT2D eigenvalue weighted by Crippen LogP contribution is -2.48. The number of aromatic nitrogens is 4. The molecule has 2 amide bonds. The topological polar surface area (TPSA) is 126 Å². The van der Waals surface area contributed by atoms with Gasteiger partial charge in [-0.25, -0.2) is 9.37 Å². The van der Waals surface area contributed by atoms with Crippen LogP contribution in [-0.4, -0.2) is 32.3 Å². The number of nitrogens with one attached hydrogen (secondary N) is 5. The van der Waals surface area contributed by atoms with Crippen molar-refractivity contribution in [3.63, 3.8) is 0 Å². The number of rotatable bonds is 7. The number of imidazole rings is 1. The van der Waals surface area contributed by atoms with Crippen LogP contribution >= 0.6 is 0 Å². The predicted molar refractivity (Wildman–Crippen MR) is 123 cm³/mol. The zero-order chi connectivity index (χ0) is 26.2. The molecule has 37 heavy (non-hydrogen) atoms. The summed E-state index contributed by atoms with van der Waals surface area (Å²) in [6.07, 6.45) is 0.534. The van der Waals surface area contributed by atoms with Gasteiger partial charge in [0.2, 0.25) is 5.91 Å². The number of H-pyrrole nitrogens is 2. The molecule has 1 aliphatic rings. The molecule has 5 N–H and O–H groups in total. The summed E-state index contributed by atoms with van der Waals surface area (Å²) in [5, 5.41) is 8.09. The molecule has 0 unspecified atom stereocenters. The summed E-state index contributed by atoms with van der Waals surface area (Å²) in [5.41, 5.74) is -0.206. The summed E-state index contributed by atoms with van der Waals surface area (Å²) < 4.78 is 52.9. The van der Waals surface area contributed by atoms with Crippen molar-refractivity contribution in [1.29, 1.82) is 0 Å². The molecule has 0 radical (unpaired) electrons. The van der Waals surface area contributed by atoms with Crippen LogP contribution in [-0.2, 0) is 17.5 Å². The maximum Gasteiger partial charge on any atom is 0.418 e. The van der Waals surface area contributed by atoms with Crippen LogP contribution in [0.4, 0.5) is 28.9 Å². The molecular weight excluding hydrogens is 494 g/mol. The lowest BCUT2D eigenvalue weighted by Gasteiger charge is -2.17. The number of carbonyl (C=O) groups excluding carboxylic acids is 2. The number of amides is 2. The van der Waals surface area contributed by atoms with Gasteiger partial charge in [0.15, 0.2) is 11.8 Å². The molecule has 9 nitrogen and oxygen atoms in total. The van der Waals surface area contributed by atoms with Crippen LogP contribution in [0, 0.1) is 5.82 Å². The Morgan fingerprint density at radius 1 is 1.08 bits per heavy atom. The Morgan fingerprint density at radius 3 is 2.59 bits per heavy atom. The lowest BCUT2D eigenvalue weighted by molar-refractivity contribution is -0.347. The van der Waals surface area contributed by atoms with Gasteiger partial charge in [-0.1, -0.05) is 0 Å². The van der Waals surface area contributed by atoms with Gasteiger partial charge in [-0.2, -0.15) is 13.2 Å². The van der Waals surface area contributed by atoms with E-state index in [-0.39, 0.29) is 23.8 Å². The maximum atomic E-state index is 13.3. The quantitative estimate of drug-likeness (QED) is 0.282. The van der Waals surface area contributed by atoms with Crippen molar-refractivity contribution in [1.82, 2.24) is 25.6 Å². The molecule has 1 saturated carbocycles. The maximum absolute atomic E-state index is 13.3. The summed E-state index contributed by atoms with van der Waals surface area (Å²) in [5.74, 6) is -1.79. The molecule has 0 saturated heterocycles. The van der Waals surface area contributed by atoms with Crippen molar-refractivity contribution in [3.8, 4) is 0 Å². The number of halogens is 4. The van der Waals surface area contributed by atoms with Crippen molar-refractivity contribution in [2.75, 3.05) is 5.32 Å². The van der Waals surface area contributed by atoms with Gasteiger partial charge in [0.25, 0.3) is 11.6 Å². The Kier molecular flexibility index (Phi) is 5.97. The van der Waals surface area contributed by atoms with Crippen molar-refractivity contribution >= 4 is 34.4 Å². The summed E-state index contributed by atoms with van der Waals surface area (Å²) in [6.45, 7) is 0.0485. The minimum absolute atomic E-state index is 0.0485. The SMILES string of the molecule is O=C(NC1(C(=O)NCc2ccc(Nc3ccc(F)cc3C(F)(F)F)cn2)CC1)c1cnc2[nH+]c[nH]c2c1. The van der Waals surface area contributed by atoms with Gasteiger partial charge >= 0.3 is 6.18 Å². The Hall–Kier alpha value is -4.55. The predicted octanol–water partition coefficient (Wildman–Crippen LogP) is 3.25. The van der Waals surface area contributed by atoms with E-state index in [1.807, 2.05) is 0 Å². The number of benzene rings is 1. The number of aromatic amines is 2. The summed E-state index contributed by atoms with van der Waals surface area (Å²) in [7, 11) is 0.